The van der Waals surface area contributed by atoms with Crippen molar-refractivity contribution < 1.29 is 40.9 Å². The molecule has 0 heterocycles. The van der Waals surface area contributed by atoms with Gasteiger partial charge in [-0.1, -0.05) is 27.2 Å². The molecule has 8 N–H and O–H groups in total. The fraction of sp³-hybridized carbons (Fsp3) is 1.00. The first kappa shape index (κ1) is 27.9. The van der Waals surface area contributed by atoms with Gasteiger partial charge in [-0.15, -0.1) is 0 Å². The van der Waals surface area contributed by atoms with Gasteiger partial charge in [0.1, 0.15) is 0 Å². The molecular formula is C12H32O8. The molecule has 0 rings (SSSR count). The second kappa shape index (κ2) is 27.1. The van der Waals surface area contributed by atoms with Crippen LogP contribution in [0.15, 0.2) is 0 Å². The number of hydrogen-bond donors (Lipinski definition) is 8. The molecule has 0 atom stereocenters. The molecule has 0 fully saturated rings. The van der Waals surface area contributed by atoms with E-state index >= 15 is 0 Å². The minimum Gasteiger partial charge on any atom is -0.394 e. The summed E-state index contributed by atoms with van der Waals surface area (Å²) in [6.45, 7) is 5.05. The summed E-state index contributed by atoms with van der Waals surface area (Å²) in [6, 6.07) is 0. The Bertz CT molecular complexity index is 121. The summed E-state index contributed by atoms with van der Waals surface area (Å²) in [5, 5.41) is 63.1. The molecule has 0 aromatic heterocycles. The van der Waals surface area contributed by atoms with E-state index in [-0.39, 0.29) is 13.2 Å². The Labute approximate surface area is 120 Å². The highest BCUT2D eigenvalue weighted by molar-refractivity contribution is 4.31. The summed E-state index contributed by atoms with van der Waals surface area (Å²) in [5.41, 5.74) is 0. The fourth-order valence-electron chi connectivity index (χ4n) is 0.258. The molecule has 0 radical (unpaired) electrons. The molecule has 0 aliphatic carbocycles. The molecule has 128 valence electrons. The SMILES string of the molecule is CCC(O)O.CCC(O)O.CCCC(O)O.OCCO. The zero-order chi connectivity index (χ0) is 17.0. The molecule has 8 nitrogen and oxygen atoms in total. The van der Waals surface area contributed by atoms with Gasteiger partial charge in [0.2, 0.25) is 0 Å². The topological polar surface area (TPSA) is 162 Å². The minimum atomic E-state index is -1.12. The number of rotatable bonds is 5. The molecule has 0 unspecified atom stereocenters. The van der Waals surface area contributed by atoms with Gasteiger partial charge >= 0.3 is 0 Å². The van der Waals surface area contributed by atoms with Crippen LogP contribution in [0.1, 0.15) is 46.5 Å². The third-order valence-electron chi connectivity index (χ3n) is 1.38. The van der Waals surface area contributed by atoms with Crippen molar-refractivity contribution in [3.63, 3.8) is 0 Å². The van der Waals surface area contributed by atoms with Gasteiger partial charge in [0, 0.05) is 0 Å². The van der Waals surface area contributed by atoms with Crippen LogP contribution in [0.25, 0.3) is 0 Å². The number of aliphatic hydroxyl groups is 8. The maximum atomic E-state index is 8.11. The first-order valence-corrected chi connectivity index (χ1v) is 6.53. The Kier molecular flexibility index (Phi) is 37.8. The molecule has 0 aromatic rings. The van der Waals surface area contributed by atoms with E-state index in [1.54, 1.807) is 13.8 Å². The van der Waals surface area contributed by atoms with Crippen LogP contribution in [0, 0.1) is 0 Å². The maximum Gasteiger partial charge on any atom is 0.151 e. The Morgan fingerprint density at radius 2 is 0.850 bits per heavy atom. The average molecular weight is 304 g/mol. The van der Waals surface area contributed by atoms with Crippen molar-refractivity contribution in [2.24, 2.45) is 0 Å². The van der Waals surface area contributed by atoms with E-state index in [9.17, 15) is 0 Å². The lowest BCUT2D eigenvalue weighted by atomic mass is 10.3. The van der Waals surface area contributed by atoms with Gasteiger partial charge < -0.3 is 40.9 Å². The van der Waals surface area contributed by atoms with Crippen LogP contribution in [0.4, 0.5) is 0 Å². The smallest absolute Gasteiger partial charge is 0.151 e. The second-order valence-corrected chi connectivity index (χ2v) is 3.49. The zero-order valence-electron chi connectivity index (χ0n) is 12.6. The van der Waals surface area contributed by atoms with E-state index in [0.717, 1.165) is 6.42 Å². The molecule has 0 saturated heterocycles. The van der Waals surface area contributed by atoms with Crippen LogP contribution < -0.4 is 0 Å². The Balaban J connectivity index is -0.0000000862. The molecule has 0 aliphatic heterocycles. The molecule has 0 aliphatic rings. The normalized spacial score (nSPS) is 9.30. The highest BCUT2D eigenvalue weighted by Gasteiger charge is 1.89. The number of hydrogen-bond acceptors (Lipinski definition) is 8. The summed E-state index contributed by atoms with van der Waals surface area (Å²) >= 11 is 0. The third kappa shape index (κ3) is 83.4. The van der Waals surface area contributed by atoms with Crippen LogP contribution >= 0.6 is 0 Å². The van der Waals surface area contributed by atoms with E-state index in [1.165, 1.54) is 0 Å². The quantitative estimate of drug-likeness (QED) is 0.284. The first-order valence-electron chi connectivity index (χ1n) is 6.53. The summed E-state index contributed by atoms with van der Waals surface area (Å²) in [7, 11) is 0. The monoisotopic (exact) mass is 304 g/mol. The Hall–Kier alpha value is -0.320. The largest absolute Gasteiger partial charge is 0.394 e. The Morgan fingerprint density at radius 3 is 0.850 bits per heavy atom. The molecule has 0 spiro atoms. The third-order valence-corrected chi connectivity index (χ3v) is 1.38. The summed E-state index contributed by atoms with van der Waals surface area (Å²) in [5.74, 6) is 0. The highest BCUT2D eigenvalue weighted by atomic mass is 16.5. The maximum absolute atomic E-state index is 8.11. The van der Waals surface area contributed by atoms with Crippen molar-refractivity contribution in [2.45, 2.75) is 65.3 Å². The van der Waals surface area contributed by atoms with E-state index in [0.29, 0.717) is 19.3 Å². The van der Waals surface area contributed by atoms with Gasteiger partial charge in [-0.05, 0) is 19.3 Å². The Morgan fingerprint density at radius 1 is 0.600 bits per heavy atom. The zero-order valence-corrected chi connectivity index (χ0v) is 12.6. The van der Waals surface area contributed by atoms with Gasteiger partial charge in [0.05, 0.1) is 13.2 Å². The van der Waals surface area contributed by atoms with E-state index in [2.05, 4.69) is 0 Å². The predicted molar refractivity (Wildman–Crippen MR) is 74.3 cm³/mol. The van der Waals surface area contributed by atoms with Crippen LogP contribution in [0.2, 0.25) is 0 Å². The molecule has 0 bridgehead atoms. The van der Waals surface area contributed by atoms with Crippen LogP contribution in [-0.4, -0.2) is 72.9 Å². The van der Waals surface area contributed by atoms with E-state index in [4.69, 9.17) is 40.9 Å². The van der Waals surface area contributed by atoms with Gasteiger partial charge in [-0.2, -0.15) is 0 Å². The lowest BCUT2D eigenvalue weighted by Crippen LogP contribution is -2.01. The van der Waals surface area contributed by atoms with Crippen molar-refractivity contribution in [2.75, 3.05) is 13.2 Å². The standard InChI is InChI=1S/C4H10O2.2C3H8O2.C2H6O2/c1-2-3-4(5)6;2*1-2-3(4)5;3-1-2-4/h4-6H,2-3H2,1H3;2*3-5H,2H2,1H3;3-4H,1-2H2. The van der Waals surface area contributed by atoms with Crippen molar-refractivity contribution in [1.29, 1.82) is 0 Å². The van der Waals surface area contributed by atoms with E-state index in [1.807, 2.05) is 6.92 Å². The van der Waals surface area contributed by atoms with Gasteiger partial charge in [-0.3, -0.25) is 0 Å². The minimum absolute atomic E-state index is 0.125. The highest BCUT2D eigenvalue weighted by Crippen LogP contribution is 1.88. The second-order valence-electron chi connectivity index (χ2n) is 3.49. The van der Waals surface area contributed by atoms with Crippen molar-refractivity contribution >= 4 is 0 Å². The van der Waals surface area contributed by atoms with Crippen LogP contribution in [-0.2, 0) is 0 Å². The van der Waals surface area contributed by atoms with Gasteiger partial charge in [-0.25, -0.2) is 0 Å². The molecule has 8 heteroatoms. The lowest BCUT2D eigenvalue weighted by Gasteiger charge is -1.94. The van der Waals surface area contributed by atoms with Crippen LogP contribution in [0.3, 0.4) is 0 Å². The van der Waals surface area contributed by atoms with E-state index < -0.39 is 18.9 Å². The molecule has 20 heavy (non-hydrogen) atoms. The van der Waals surface area contributed by atoms with Crippen molar-refractivity contribution in [3.05, 3.63) is 0 Å². The fourth-order valence-corrected chi connectivity index (χ4v) is 0.258. The number of aliphatic hydroxyl groups excluding tert-OH is 5. The molecule has 0 amide bonds. The predicted octanol–water partition coefficient (Wildman–Crippen LogP) is -1.52. The van der Waals surface area contributed by atoms with Gasteiger partial charge in [0.15, 0.2) is 18.9 Å². The molecular weight excluding hydrogens is 272 g/mol. The van der Waals surface area contributed by atoms with Crippen LogP contribution in [0.5, 0.6) is 0 Å². The average Bonchev–Trinajstić information content (AvgIpc) is 2.40. The lowest BCUT2D eigenvalue weighted by molar-refractivity contribution is -0.0455. The molecule has 0 aromatic carbocycles. The van der Waals surface area contributed by atoms with Crippen molar-refractivity contribution in [3.8, 4) is 0 Å². The summed E-state index contributed by atoms with van der Waals surface area (Å²) in [4.78, 5) is 0. The van der Waals surface area contributed by atoms with Gasteiger partial charge in [0.25, 0.3) is 0 Å². The molecule has 0 saturated carbocycles. The summed E-state index contributed by atoms with van der Waals surface area (Å²) in [6.07, 6.45) is -1.18. The summed E-state index contributed by atoms with van der Waals surface area (Å²) < 4.78 is 0. The first-order chi connectivity index (χ1) is 9.22. The van der Waals surface area contributed by atoms with Crippen molar-refractivity contribution in [1.82, 2.24) is 0 Å².